The average molecular weight is 416 g/mol. The molecule has 0 spiro atoms. The van der Waals surface area contributed by atoms with Crippen LogP contribution in [-0.4, -0.2) is 32.4 Å². The molecule has 2 atom stereocenters. The van der Waals surface area contributed by atoms with Crippen molar-refractivity contribution in [3.8, 4) is 11.1 Å². The third-order valence-corrected chi connectivity index (χ3v) is 6.64. The van der Waals surface area contributed by atoms with Crippen LogP contribution in [0.4, 0.5) is 0 Å². The monoisotopic (exact) mass is 415 g/mol. The summed E-state index contributed by atoms with van der Waals surface area (Å²) in [5.74, 6) is -0.0220. The quantitative estimate of drug-likeness (QED) is 0.629. The minimum atomic E-state index is -0.179. The number of nitrogens with zero attached hydrogens (tertiary/aromatic N) is 3. The van der Waals surface area contributed by atoms with Gasteiger partial charge < -0.3 is 4.90 Å². The van der Waals surface area contributed by atoms with Crippen LogP contribution in [-0.2, 0) is 11.3 Å². The number of aromatic nitrogens is 2. The van der Waals surface area contributed by atoms with Crippen LogP contribution in [0, 0.1) is 0 Å². The molecule has 1 saturated heterocycles. The summed E-state index contributed by atoms with van der Waals surface area (Å²) in [6.45, 7) is 4.18. The molecule has 28 heavy (non-hydrogen) atoms. The molecule has 1 amide bonds. The number of hydrogen-bond donors (Lipinski definition) is 0. The van der Waals surface area contributed by atoms with Gasteiger partial charge in [-0.05, 0) is 50.8 Å². The Balaban J connectivity index is 1.70. The minimum absolute atomic E-state index is 0.0202. The second kappa shape index (κ2) is 7.68. The summed E-state index contributed by atoms with van der Waals surface area (Å²) in [5, 5.41) is 3.14. The van der Waals surface area contributed by atoms with Gasteiger partial charge in [0.15, 0.2) is 0 Å². The van der Waals surface area contributed by atoms with Gasteiger partial charge in [0, 0.05) is 28.0 Å². The third-order valence-electron chi connectivity index (χ3n) is 5.50. The van der Waals surface area contributed by atoms with Gasteiger partial charge in [-0.1, -0.05) is 23.7 Å². The Labute approximate surface area is 172 Å². The van der Waals surface area contributed by atoms with Crippen molar-refractivity contribution in [2.45, 2.75) is 51.7 Å². The first kappa shape index (κ1) is 19.2. The molecule has 3 aromatic rings. The van der Waals surface area contributed by atoms with E-state index in [4.69, 9.17) is 11.6 Å². The molecule has 0 bridgehead atoms. The van der Waals surface area contributed by atoms with Crippen molar-refractivity contribution in [3.05, 3.63) is 51.3 Å². The fraction of sp³-hybridized carbons (Fsp3) is 0.381. The van der Waals surface area contributed by atoms with E-state index in [0.29, 0.717) is 15.2 Å². The van der Waals surface area contributed by atoms with Crippen molar-refractivity contribution in [1.82, 2.24) is 14.5 Å². The summed E-state index contributed by atoms with van der Waals surface area (Å²) < 4.78 is 1.44. The summed E-state index contributed by atoms with van der Waals surface area (Å²) in [6.07, 6.45) is 4.64. The number of carbonyl (C=O) groups excluding carboxylic acids is 1. The number of carbonyl (C=O) groups is 1. The molecule has 0 unspecified atom stereocenters. The van der Waals surface area contributed by atoms with Gasteiger partial charge in [-0.3, -0.25) is 14.2 Å². The molecule has 1 fully saturated rings. The second-order valence-electron chi connectivity index (χ2n) is 7.44. The summed E-state index contributed by atoms with van der Waals surface area (Å²) in [4.78, 5) is 33.1. The van der Waals surface area contributed by atoms with Crippen LogP contribution < -0.4 is 5.56 Å². The maximum atomic E-state index is 13.2. The highest BCUT2D eigenvalue weighted by molar-refractivity contribution is 7.17. The van der Waals surface area contributed by atoms with Gasteiger partial charge in [0.2, 0.25) is 5.91 Å². The van der Waals surface area contributed by atoms with Crippen LogP contribution in [0.2, 0.25) is 5.02 Å². The van der Waals surface area contributed by atoms with Crippen LogP contribution >= 0.6 is 22.9 Å². The van der Waals surface area contributed by atoms with E-state index in [0.717, 1.165) is 30.4 Å². The second-order valence-corrected chi connectivity index (χ2v) is 8.74. The van der Waals surface area contributed by atoms with Crippen LogP contribution in [0.5, 0.6) is 0 Å². The van der Waals surface area contributed by atoms with Crippen molar-refractivity contribution < 1.29 is 4.79 Å². The smallest absolute Gasteiger partial charge is 0.263 e. The van der Waals surface area contributed by atoms with E-state index in [9.17, 15) is 9.59 Å². The maximum Gasteiger partial charge on any atom is 0.263 e. The van der Waals surface area contributed by atoms with Crippen LogP contribution in [0.3, 0.4) is 0 Å². The van der Waals surface area contributed by atoms with Crippen molar-refractivity contribution in [2.75, 3.05) is 0 Å². The Morgan fingerprint density at radius 3 is 2.57 bits per heavy atom. The molecule has 0 N–H and O–H groups in total. The van der Waals surface area contributed by atoms with Crippen molar-refractivity contribution in [3.63, 3.8) is 0 Å². The first-order valence-corrected chi connectivity index (χ1v) is 10.7. The van der Waals surface area contributed by atoms with E-state index >= 15 is 0 Å². The van der Waals surface area contributed by atoms with E-state index < -0.39 is 0 Å². The Kier molecular flexibility index (Phi) is 5.25. The zero-order chi connectivity index (χ0) is 19.8. The van der Waals surface area contributed by atoms with E-state index in [1.54, 1.807) is 12.1 Å². The number of likely N-dealkylation sites (tertiary alicyclic amines) is 1. The normalized spacial score (nSPS) is 19.9. The van der Waals surface area contributed by atoms with Crippen molar-refractivity contribution in [2.24, 2.45) is 0 Å². The van der Waals surface area contributed by atoms with E-state index in [1.165, 1.54) is 22.2 Å². The molecule has 1 aromatic carbocycles. The number of hydrogen-bond acceptors (Lipinski definition) is 4. The van der Waals surface area contributed by atoms with Crippen LogP contribution in [0.25, 0.3) is 21.3 Å². The molecule has 2 aromatic heterocycles. The standard InChI is InChI=1S/C21H22ClN3O2S/c1-13-4-3-5-14(2)25(13)18(26)10-24-12-23-20-19(21(24)27)17(11-28-20)15-6-8-16(22)9-7-15/h6-9,11-14H,3-5,10H2,1-2H3/t13-,14-/m0/s1. The van der Waals surface area contributed by atoms with Gasteiger partial charge in [-0.2, -0.15) is 0 Å². The summed E-state index contributed by atoms with van der Waals surface area (Å²) >= 11 is 7.42. The molecule has 4 rings (SSSR count). The number of piperidine rings is 1. The molecule has 3 heterocycles. The lowest BCUT2D eigenvalue weighted by Gasteiger charge is -2.39. The predicted molar refractivity (Wildman–Crippen MR) is 114 cm³/mol. The molecule has 5 nitrogen and oxygen atoms in total. The SMILES string of the molecule is C[C@H]1CCC[C@H](C)N1C(=O)Cn1cnc2scc(-c3ccc(Cl)cc3)c2c1=O. The molecular weight excluding hydrogens is 394 g/mol. The zero-order valence-corrected chi connectivity index (χ0v) is 17.5. The third kappa shape index (κ3) is 3.47. The summed E-state index contributed by atoms with van der Waals surface area (Å²) in [7, 11) is 0. The van der Waals surface area contributed by atoms with E-state index in [-0.39, 0.29) is 30.1 Å². The van der Waals surface area contributed by atoms with E-state index in [1.807, 2.05) is 22.4 Å². The fourth-order valence-electron chi connectivity index (χ4n) is 4.06. The van der Waals surface area contributed by atoms with Gasteiger partial charge >= 0.3 is 0 Å². The summed E-state index contributed by atoms with van der Waals surface area (Å²) in [5.41, 5.74) is 1.56. The fourth-order valence-corrected chi connectivity index (χ4v) is 5.09. The largest absolute Gasteiger partial charge is 0.336 e. The van der Waals surface area contributed by atoms with Crippen molar-refractivity contribution >= 4 is 39.1 Å². The van der Waals surface area contributed by atoms with Gasteiger partial charge in [0.05, 0.1) is 11.7 Å². The lowest BCUT2D eigenvalue weighted by molar-refractivity contribution is -0.138. The van der Waals surface area contributed by atoms with Gasteiger partial charge in [0.25, 0.3) is 5.56 Å². The first-order valence-electron chi connectivity index (χ1n) is 9.49. The van der Waals surface area contributed by atoms with Crippen LogP contribution in [0.15, 0.2) is 40.8 Å². The Morgan fingerprint density at radius 2 is 1.89 bits per heavy atom. The molecular formula is C21H22ClN3O2S. The Morgan fingerprint density at radius 1 is 1.21 bits per heavy atom. The number of halogens is 1. The Bertz CT molecular complexity index is 1060. The number of fused-ring (bicyclic) bond motifs is 1. The van der Waals surface area contributed by atoms with Gasteiger partial charge in [-0.25, -0.2) is 4.98 Å². The summed E-state index contributed by atoms with van der Waals surface area (Å²) in [6, 6.07) is 7.80. The van der Waals surface area contributed by atoms with Gasteiger partial charge in [-0.15, -0.1) is 11.3 Å². The topological polar surface area (TPSA) is 55.2 Å². The molecule has 0 radical (unpaired) electrons. The number of thiophene rings is 1. The molecule has 1 aliphatic rings. The molecule has 1 aliphatic heterocycles. The number of rotatable bonds is 3. The molecule has 0 saturated carbocycles. The molecule has 146 valence electrons. The Hall–Kier alpha value is -2.18. The molecule has 7 heteroatoms. The number of amides is 1. The van der Waals surface area contributed by atoms with Gasteiger partial charge in [0.1, 0.15) is 11.4 Å². The minimum Gasteiger partial charge on any atom is -0.336 e. The zero-order valence-electron chi connectivity index (χ0n) is 15.9. The van der Waals surface area contributed by atoms with Crippen LogP contribution in [0.1, 0.15) is 33.1 Å². The average Bonchev–Trinajstić information content (AvgIpc) is 3.09. The lowest BCUT2D eigenvalue weighted by atomic mass is 9.97. The highest BCUT2D eigenvalue weighted by Gasteiger charge is 2.29. The first-order chi connectivity index (χ1) is 13.5. The van der Waals surface area contributed by atoms with Crippen molar-refractivity contribution in [1.29, 1.82) is 0 Å². The predicted octanol–water partition coefficient (Wildman–Crippen LogP) is 4.57. The molecule has 0 aliphatic carbocycles. The lowest BCUT2D eigenvalue weighted by Crippen LogP contribution is -2.49. The number of benzene rings is 1. The van der Waals surface area contributed by atoms with E-state index in [2.05, 4.69) is 18.8 Å². The highest BCUT2D eigenvalue weighted by Crippen LogP contribution is 2.31. The highest BCUT2D eigenvalue weighted by atomic mass is 35.5. The maximum absolute atomic E-state index is 13.2.